The average Bonchev–Trinajstić information content (AvgIpc) is 2.80. The van der Waals surface area contributed by atoms with Crippen LogP contribution >= 0.6 is 0 Å². The van der Waals surface area contributed by atoms with E-state index in [1.807, 2.05) is 13.8 Å². The number of halogens is 1. The molecular formula is C15H19FN2O2. The second-order valence-electron chi connectivity index (χ2n) is 5.39. The van der Waals surface area contributed by atoms with Crippen molar-refractivity contribution in [3.8, 4) is 0 Å². The van der Waals surface area contributed by atoms with Crippen LogP contribution in [0.25, 0.3) is 0 Å². The summed E-state index contributed by atoms with van der Waals surface area (Å²) in [7, 11) is 0. The van der Waals surface area contributed by atoms with Crippen LogP contribution in [0.5, 0.6) is 0 Å². The van der Waals surface area contributed by atoms with Gasteiger partial charge < -0.3 is 10.2 Å². The van der Waals surface area contributed by atoms with E-state index in [1.54, 1.807) is 17.0 Å². The van der Waals surface area contributed by atoms with Gasteiger partial charge in [-0.1, -0.05) is 12.1 Å². The Balaban J connectivity index is 1.87. The van der Waals surface area contributed by atoms with Crippen molar-refractivity contribution in [2.75, 3.05) is 6.54 Å². The van der Waals surface area contributed by atoms with E-state index in [4.69, 9.17) is 0 Å². The molecular weight excluding hydrogens is 259 g/mol. The van der Waals surface area contributed by atoms with Gasteiger partial charge in [-0.3, -0.25) is 9.59 Å². The number of nitrogens with one attached hydrogen (secondary N) is 1. The van der Waals surface area contributed by atoms with Crippen LogP contribution in [0.1, 0.15) is 25.8 Å². The van der Waals surface area contributed by atoms with Gasteiger partial charge in [-0.2, -0.15) is 0 Å². The first-order chi connectivity index (χ1) is 9.47. The van der Waals surface area contributed by atoms with Crippen molar-refractivity contribution in [3.05, 3.63) is 35.6 Å². The quantitative estimate of drug-likeness (QED) is 0.911. The number of likely N-dealkylation sites (tertiary alicyclic amines) is 1. The van der Waals surface area contributed by atoms with Gasteiger partial charge in [-0.05, 0) is 31.5 Å². The maximum atomic E-state index is 12.8. The third-order valence-corrected chi connectivity index (χ3v) is 3.53. The van der Waals surface area contributed by atoms with Crippen LogP contribution in [0, 0.1) is 11.7 Å². The summed E-state index contributed by atoms with van der Waals surface area (Å²) < 4.78 is 12.8. The van der Waals surface area contributed by atoms with Gasteiger partial charge in [0.05, 0.1) is 5.92 Å². The largest absolute Gasteiger partial charge is 0.352 e. The molecule has 2 rings (SSSR count). The van der Waals surface area contributed by atoms with Crippen molar-refractivity contribution < 1.29 is 14.0 Å². The fraction of sp³-hybridized carbons (Fsp3) is 0.467. The molecule has 1 unspecified atom stereocenters. The smallest absolute Gasteiger partial charge is 0.225 e. The molecule has 2 amide bonds. The third-order valence-electron chi connectivity index (χ3n) is 3.53. The van der Waals surface area contributed by atoms with Crippen molar-refractivity contribution in [1.82, 2.24) is 10.2 Å². The lowest BCUT2D eigenvalue weighted by atomic mass is 10.1. The number of hydrogen-bond donors (Lipinski definition) is 1. The van der Waals surface area contributed by atoms with Gasteiger partial charge in [0, 0.05) is 25.6 Å². The Morgan fingerprint density at radius 2 is 2.05 bits per heavy atom. The lowest BCUT2D eigenvalue weighted by Gasteiger charge is -2.20. The van der Waals surface area contributed by atoms with E-state index < -0.39 is 0 Å². The van der Waals surface area contributed by atoms with E-state index in [0.717, 1.165) is 5.56 Å². The minimum absolute atomic E-state index is 0.0296. The van der Waals surface area contributed by atoms with E-state index in [0.29, 0.717) is 13.1 Å². The molecule has 1 heterocycles. The van der Waals surface area contributed by atoms with E-state index in [-0.39, 0.29) is 36.0 Å². The molecule has 108 valence electrons. The predicted molar refractivity (Wildman–Crippen MR) is 73.2 cm³/mol. The monoisotopic (exact) mass is 278 g/mol. The normalized spacial score (nSPS) is 18.7. The third kappa shape index (κ3) is 3.35. The van der Waals surface area contributed by atoms with Gasteiger partial charge in [0.2, 0.25) is 11.8 Å². The average molecular weight is 278 g/mol. The number of nitrogens with zero attached hydrogens (tertiary/aromatic N) is 1. The van der Waals surface area contributed by atoms with Crippen molar-refractivity contribution in [2.45, 2.75) is 32.9 Å². The maximum absolute atomic E-state index is 12.8. The Kier molecular flexibility index (Phi) is 4.37. The topological polar surface area (TPSA) is 49.4 Å². The number of hydrogen-bond acceptors (Lipinski definition) is 2. The van der Waals surface area contributed by atoms with Crippen LogP contribution in [0.3, 0.4) is 0 Å². The van der Waals surface area contributed by atoms with Crippen molar-refractivity contribution in [1.29, 1.82) is 0 Å². The number of benzene rings is 1. The van der Waals surface area contributed by atoms with Gasteiger partial charge in [0.25, 0.3) is 0 Å². The molecule has 4 nitrogen and oxygen atoms in total. The zero-order valence-electron chi connectivity index (χ0n) is 11.7. The van der Waals surface area contributed by atoms with Crippen LogP contribution in [-0.2, 0) is 16.1 Å². The molecule has 20 heavy (non-hydrogen) atoms. The van der Waals surface area contributed by atoms with E-state index >= 15 is 0 Å². The molecule has 0 spiro atoms. The van der Waals surface area contributed by atoms with Crippen LogP contribution in [0.2, 0.25) is 0 Å². The second kappa shape index (κ2) is 6.03. The molecule has 0 aromatic heterocycles. The van der Waals surface area contributed by atoms with Crippen LogP contribution in [0.15, 0.2) is 24.3 Å². The first-order valence-corrected chi connectivity index (χ1v) is 6.79. The van der Waals surface area contributed by atoms with Crippen LogP contribution < -0.4 is 5.32 Å². The summed E-state index contributed by atoms with van der Waals surface area (Å²) in [4.78, 5) is 25.5. The molecule has 1 saturated heterocycles. The lowest BCUT2D eigenvalue weighted by Crippen LogP contribution is -2.35. The molecule has 0 saturated carbocycles. The summed E-state index contributed by atoms with van der Waals surface area (Å²) in [5.74, 6) is -0.674. The highest BCUT2D eigenvalue weighted by molar-refractivity contribution is 5.89. The van der Waals surface area contributed by atoms with Gasteiger partial charge in [0.15, 0.2) is 0 Å². The summed E-state index contributed by atoms with van der Waals surface area (Å²) in [6, 6.07) is 6.12. The number of rotatable bonds is 4. The molecule has 1 aromatic carbocycles. The molecule has 0 radical (unpaired) electrons. The first-order valence-electron chi connectivity index (χ1n) is 6.79. The summed E-state index contributed by atoms with van der Waals surface area (Å²) in [6.45, 7) is 4.71. The summed E-state index contributed by atoms with van der Waals surface area (Å²) in [5, 5.41) is 2.80. The van der Waals surface area contributed by atoms with Gasteiger partial charge >= 0.3 is 0 Å². The fourth-order valence-corrected chi connectivity index (χ4v) is 2.34. The Labute approximate surface area is 118 Å². The van der Waals surface area contributed by atoms with E-state index in [2.05, 4.69) is 5.32 Å². The Hall–Kier alpha value is -1.91. The Morgan fingerprint density at radius 3 is 2.60 bits per heavy atom. The molecule has 1 N–H and O–H groups in total. The summed E-state index contributed by atoms with van der Waals surface area (Å²) in [5.41, 5.74) is 0.838. The molecule has 0 aliphatic carbocycles. The first kappa shape index (κ1) is 14.5. The minimum Gasteiger partial charge on any atom is -0.352 e. The van der Waals surface area contributed by atoms with Gasteiger partial charge in [0.1, 0.15) is 5.82 Å². The molecule has 1 aliphatic heterocycles. The minimum atomic E-state index is -0.297. The Morgan fingerprint density at radius 1 is 1.40 bits per heavy atom. The molecule has 1 fully saturated rings. The van der Waals surface area contributed by atoms with Gasteiger partial charge in [-0.15, -0.1) is 0 Å². The molecule has 1 aromatic rings. The zero-order chi connectivity index (χ0) is 14.7. The highest BCUT2D eigenvalue weighted by Crippen LogP contribution is 2.20. The fourth-order valence-electron chi connectivity index (χ4n) is 2.34. The molecule has 1 atom stereocenters. The van der Waals surface area contributed by atoms with Crippen LogP contribution in [0.4, 0.5) is 4.39 Å². The summed E-state index contributed by atoms with van der Waals surface area (Å²) in [6.07, 6.45) is 0.271. The number of carbonyl (C=O) groups is 2. The van der Waals surface area contributed by atoms with Crippen molar-refractivity contribution in [3.63, 3.8) is 0 Å². The standard InChI is InChI=1S/C15H19FN2O2/c1-10(2)18-9-12(7-14(18)19)15(20)17-8-11-3-5-13(16)6-4-11/h3-6,10,12H,7-9H2,1-2H3,(H,17,20). The molecule has 5 heteroatoms. The lowest BCUT2D eigenvalue weighted by molar-refractivity contribution is -0.129. The highest BCUT2D eigenvalue weighted by Gasteiger charge is 2.35. The molecule has 1 aliphatic rings. The second-order valence-corrected chi connectivity index (χ2v) is 5.39. The maximum Gasteiger partial charge on any atom is 0.225 e. The van der Waals surface area contributed by atoms with Crippen LogP contribution in [-0.4, -0.2) is 29.3 Å². The number of carbonyl (C=O) groups excluding carboxylic acids is 2. The summed E-state index contributed by atoms with van der Waals surface area (Å²) >= 11 is 0. The van der Waals surface area contributed by atoms with E-state index in [9.17, 15) is 14.0 Å². The molecule has 0 bridgehead atoms. The Bertz CT molecular complexity index is 499. The van der Waals surface area contributed by atoms with Crippen molar-refractivity contribution >= 4 is 11.8 Å². The highest BCUT2D eigenvalue weighted by atomic mass is 19.1. The zero-order valence-corrected chi connectivity index (χ0v) is 11.7. The predicted octanol–water partition coefficient (Wildman–Crippen LogP) is 1.70. The SMILES string of the molecule is CC(C)N1CC(C(=O)NCc2ccc(F)cc2)CC1=O. The van der Waals surface area contributed by atoms with Crippen molar-refractivity contribution in [2.24, 2.45) is 5.92 Å². The van der Waals surface area contributed by atoms with E-state index in [1.165, 1.54) is 12.1 Å². The number of amides is 2. The van der Waals surface area contributed by atoms with Gasteiger partial charge in [-0.25, -0.2) is 4.39 Å².